The van der Waals surface area contributed by atoms with Gasteiger partial charge in [-0.3, -0.25) is 9.36 Å². The third-order valence-electron chi connectivity index (χ3n) is 6.11. The van der Waals surface area contributed by atoms with Crippen LogP contribution in [-0.4, -0.2) is 52.1 Å². The standard InChI is InChI=1S/C29H31FN4O3S/c1-21(18-36-3)34-26(19-37-25-17-11-10-16-24(25)30)31-32-29(34)38-20-27(35)33(2)28(22-12-6-4-7-13-22)23-14-8-5-9-15-23/h4-17,21,28H,18-20H2,1-3H3/t21-/m1/s1. The highest BCUT2D eigenvalue weighted by molar-refractivity contribution is 7.99. The lowest BCUT2D eigenvalue weighted by Crippen LogP contribution is -2.33. The van der Waals surface area contributed by atoms with Crippen molar-refractivity contribution in [2.45, 2.75) is 30.8 Å². The molecule has 0 fully saturated rings. The number of aromatic nitrogens is 3. The average molecular weight is 535 g/mol. The smallest absolute Gasteiger partial charge is 0.233 e. The van der Waals surface area contributed by atoms with Crippen LogP contribution in [0.4, 0.5) is 4.39 Å². The van der Waals surface area contributed by atoms with Gasteiger partial charge in [0.1, 0.15) is 6.61 Å². The fourth-order valence-corrected chi connectivity index (χ4v) is 5.23. The van der Waals surface area contributed by atoms with Crippen molar-refractivity contribution in [2.75, 3.05) is 26.5 Å². The summed E-state index contributed by atoms with van der Waals surface area (Å²) in [4.78, 5) is 15.2. The molecule has 3 aromatic carbocycles. The number of carbonyl (C=O) groups is 1. The topological polar surface area (TPSA) is 69.5 Å². The first-order valence-electron chi connectivity index (χ1n) is 12.3. The molecule has 38 heavy (non-hydrogen) atoms. The molecule has 0 aliphatic heterocycles. The molecule has 0 saturated heterocycles. The minimum atomic E-state index is -0.446. The van der Waals surface area contributed by atoms with Crippen LogP contribution >= 0.6 is 11.8 Å². The second-order valence-corrected chi connectivity index (χ2v) is 9.75. The van der Waals surface area contributed by atoms with E-state index in [9.17, 15) is 9.18 Å². The Balaban J connectivity index is 1.51. The molecule has 198 valence electrons. The van der Waals surface area contributed by atoms with Gasteiger partial charge in [-0.1, -0.05) is 84.6 Å². The summed E-state index contributed by atoms with van der Waals surface area (Å²) in [6, 6.07) is 25.8. The Hall–Kier alpha value is -3.69. The molecule has 1 heterocycles. The lowest BCUT2D eigenvalue weighted by molar-refractivity contribution is -0.128. The number of rotatable bonds is 12. The summed E-state index contributed by atoms with van der Waals surface area (Å²) in [6.07, 6.45) is 0. The Morgan fingerprint density at radius 3 is 2.18 bits per heavy atom. The molecule has 4 aromatic rings. The summed E-state index contributed by atoms with van der Waals surface area (Å²) in [7, 11) is 3.44. The number of para-hydroxylation sites is 1. The zero-order chi connectivity index (χ0) is 26.9. The molecule has 4 rings (SSSR count). The van der Waals surface area contributed by atoms with Gasteiger partial charge in [0.2, 0.25) is 5.91 Å². The highest BCUT2D eigenvalue weighted by Gasteiger charge is 2.25. The SMILES string of the molecule is COC[C@@H](C)n1c(COc2ccccc2F)nnc1SCC(=O)N(C)C(c1ccccc1)c1ccccc1. The van der Waals surface area contributed by atoms with Crippen molar-refractivity contribution < 1.29 is 18.7 Å². The van der Waals surface area contributed by atoms with Crippen LogP contribution < -0.4 is 4.74 Å². The minimum Gasteiger partial charge on any atom is -0.483 e. The van der Waals surface area contributed by atoms with Gasteiger partial charge in [-0.25, -0.2) is 4.39 Å². The number of nitrogens with zero attached hydrogens (tertiary/aromatic N) is 4. The van der Waals surface area contributed by atoms with Gasteiger partial charge >= 0.3 is 0 Å². The normalized spacial score (nSPS) is 11.9. The minimum absolute atomic E-state index is 0.0283. The van der Waals surface area contributed by atoms with Crippen LogP contribution in [0.2, 0.25) is 0 Å². The molecule has 0 aliphatic carbocycles. The Labute approximate surface area is 226 Å². The Morgan fingerprint density at radius 1 is 0.974 bits per heavy atom. The predicted octanol–water partition coefficient (Wildman–Crippen LogP) is 5.54. The van der Waals surface area contributed by atoms with Crippen LogP contribution in [0.1, 0.15) is 36.0 Å². The van der Waals surface area contributed by atoms with Crippen molar-refractivity contribution in [3.05, 3.63) is 108 Å². The quantitative estimate of drug-likeness (QED) is 0.222. The summed E-state index contributed by atoms with van der Waals surface area (Å²) < 4.78 is 26.9. The highest BCUT2D eigenvalue weighted by atomic mass is 32.2. The van der Waals surface area contributed by atoms with E-state index in [0.717, 1.165) is 11.1 Å². The lowest BCUT2D eigenvalue weighted by atomic mass is 9.97. The van der Waals surface area contributed by atoms with E-state index in [1.165, 1.54) is 17.8 Å². The Morgan fingerprint density at radius 2 is 1.58 bits per heavy atom. The van der Waals surface area contributed by atoms with Gasteiger partial charge in [0.15, 0.2) is 22.5 Å². The van der Waals surface area contributed by atoms with E-state index in [0.29, 0.717) is 17.6 Å². The Kier molecular flexibility index (Phi) is 9.51. The number of thioether (sulfide) groups is 1. The van der Waals surface area contributed by atoms with Crippen LogP contribution in [0.15, 0.2) is 90.1 Å². The number of benzene rings is 3. The van der Waals surface area contributed by atoms with Gasteiger partial charge in [-0.05, 0) is 30.2 Å². The van der Waals surface area contributed by atoms with Crippen molar-refractivity contribution in [1.82, 2.24) is 19.7 Å². The Bertz CT molecular complexity index is 1280. The van der Waals surface area contributed by atoms with Gasteiger partial charge in [0, 0.05) is 14.2 Å². The van der Waals surface area contributed by atoms with E-state index in [1.54, 1.807) is 30.2 Å². The van der Waals surface area contributed by atoms with E-state index in [2.05, 4.69) is 10.2 Å². The van der Waals surface area contributed by atoms with E-state index in [-0.39, 0.29) is 36.1 Å². The number of ether oxygens (including phenoxy) is 2. The van der Waals surface area contributed by atoms with E-state index in [4.69, 9.17) is 9.47 Å². The van der Waals surface area contributed by atoms with Gasteiger partial charge in [0.05, 0.1) is 24.4 Å². The van der Waals surface area contributed by atoms with E-state index >= 15 is 0 Å². The first-order chi connectivity index (χ1) is 18.5. The number of hydrogen-bond acceptors (Lipinski definition) is 6. The molecule has 0 saturated carbocycles. The zero-order valence-electron chi connectivity index (χ0n) is 21.7. The van der Waals surface area contributed by atoms with E-state index < -0.39 is 5.82 Å². The van der Waals surface area contributed by atoms with Crippen molar-refractivity contribution in [1.29, 1.82) is 0 Å². The summed E-state index contributed by atoms with van der Waals surface area (Å²) in [5.74, 6) is 0.329. The van der Waals surface area contributed by atoms with Crippen molar-refractivity contribution in [3.8, 4) is 5.75 Å². The molecular weight excluding hydrogens is 503 g/mol. The number of methoxy groups -OCH3 is 1. The molecule has 1 amide bonds. The van der Waals surface area contributed by atoms with E-state index in [1.807, 2.05) is 79.2 Å². The fraction of sp³-hybridized carbons (Fsp3) is 0.276. The van der Waals surface area contributed by atoms with Crippen LogP contribution in [0.25, 0.3) is 0 Å². The maximum absolute atomic E-state index is 14.0. The number of carbonyl (C=O) groups excluding carboxylic acids is 1. The molecule has 0 unspecified atom stereocenters. The second kappa shape index (κ2) is 13.2. The fourth-order valence-electron chi connectivity index (χ4n) is 4.25. The van der Waals surface area contributed by atoms with Gasteiger partial charge < -0.3 is 14.4 Å². The molecule has 7 nitrogen and oxygen atoms in total. The molecule has 9 heteroatoms. The molecule has 0 aliphatic rings. The van der Waals surface area contributed by atoms with Gasteiger partial charge in [-0.15, -0.1) is 10.2 Å². The molecule has 1 aromatic heterocycles. The molecule has 0 radical (unpaired) electrons. The van der Waals surface area contributed by atoms with Crippen molar-refractivity contribution in [3.63, 3.8) is 0 Å². The summed E-state index contributed by atoms with van der Waals surface area (Å²) >= 11 is 1.30. The molecular formula is C29H31FN4O3S. The summed E-state index contributed by atoms with van der Waals surface area (Å²) in [5, 5.41) is 9.17. The molecule has 0 N–H and O–H groups in total. The van der Waals surface area contributed by atoms with Crippen molar-refractivity contribution >= 4 is 17.7 Å². The maximum Gasteiger partial charge on any atom is 0.233 e. The molecule has 1 atom stereocenters. The van der Waals surface area contributed by atoms with Crippen LogP contribution in [0.5, 0.6) is 5.75 Å². The highest BCUT2D eigenvalue weighted by Crippen LogP contribution is 2.29. The maximum atomic E-state index is 14.0. The van der Waals surface area contributed by atoms with Gasteiger partial charge in [0.25, 0.3) is 0 Å². The van der Waals surface area contributed by atoms with Crippen LogP contribution in [0, 0.1) is 5.82 Å². The first-order valence-corrected chi connectivity index (χ1v) is 13.3. The third kappa shape index (κ3) is 6.59. The average Bonchev–Trinajstić information content (AvgIpc) is 3.35. The van der Waals surface area contributed by atoms with Crippen LogP contribution in [-0.2, 0) is 16.1 Å². The molecule has 0 bridgehead atoms. The predicted molar refractivity (Wildman–Crippen MR) is 146 cm³/mol. The summed E-state index contributed by atoms with van der Waals surface area (Å²) in [6.45, 7) is 2.41. The largest absolute Gasteiger partial charge is 0.483 e. The van der Waals surface area contributed by atoms with Crippen molar-refractivity contribution in [2.24, 2.45) is 0 Å². The number of hydrogen-bond donors (Lipinski definition) is 0. The van der Waals surface area contributed by atoms with Crippen LogP contribution in [0.3, 0.4) is 0 Å². The molecule has 0 spiro atoms. The zero-order valence-corrected chi connectivity index (χ0v) is 22.5. The second-order valence-electron chi connectivity index (χ2n) is 8.81. The number of amides is 1. The third-order valence-corrected chi connectivity index (χ3v) is 7.04. The first kappa shape index (κ1) is 27.3. The van der Waals surface area contributed by atoms with Gasteiger partial charge in [-0.2, -0.15) is 0 Å². The number of halogens is 1. The summed E-state index contributed by atoms with van der Waals surface area (Å²) in [5.41, 5.74) is 2.06. The monoisotopic (exact) mass is 534 g/mol. The lowest BCUT2D eigenvalue weighted by Gasteiger charge is -2.29.